The fraction of sp³-hybridized carbons (Fsp3) is 0.564. The van der Waals surface area contributed by atoms with Crippen LogP contribution in [0.25, 0.3) is 11.3 Å². The van der Waals surface area contributed by atoms with Crippen LogP contribution in [0, 0.1) is 5.92 Å². The standard InChI is InChI=1S/C31H37ClN6O4S.C8H18/c1-41-24-14-19-13-21-28(37-38-30(21)34-16-18-7-2-3-8-22(18)32)20(19)15-25(24)42-12-6-11-33-27(39)10-5-4-9-26-29-23(17-43-26)35-31(40)36-29;1-4-6-8(3)7-5-2/h2-3,7-8,14-15,23,26,29H,4-6,9-13,16-17H2,1H3,(H,33,39)(H2,34,37,38)(H2,35,36,40);8H,4-7H2,1-3H3. The zero-order valence-corrected chi connectivity index (χ0v) is 32.1. The number of aromatic amines is 1. The number of halogens is 1. The number of ether oxygens (including phenoxy) is 2. The molecule has 278 valence electrons. The molecule has 10 nitrogen and oxygen atoms in total. The van der Waals surface area contributed by atoms with Crippen LogP contribution in [0.1, 0.15) is 95.2 Å². The van der Waals surface area contributed by atoms with Gasteiger partial charge in [0.05, 0.1) is 31.5 Å². The Labute approximate surface area is 312 Å². The van der Waals surface area contributed by atoms with Gasteiger partial charge in [0.1, 0.15) is 0 Å². The molecule has 3 amide bonds. The Bertz CT molecular complexity index is 1600. The number of carbonyl (C=O) groups is 2. The SMILES string of the molecule is CCCC(C)CCC.COc1cc2c(cc1OCCCNC(=O)CCCCC1SCC3NC(=O)NC31)-c1[nH]nc(NCc3ccccc3Cl)c1C2. The molecule has 0 saturated carbocycles. The van der Waals surface area contributed by atoms with Crippen molar-refractivity contribution in [3.05, 3.63) is 58.1 Å². The van der Waals surface area contributed by atoms with E-state index in [1.165, 1.54) is 25.7 Å². The number of nitrogens with zero attached hydrogens (tertiary/aromatic N) is 1. The lowest BCUT2D eigenvalue weighted by atomic mass is 10.0. The third-order valence-electron chi connectivity index (χ3n) is 9.84. The number of H-pyrrole nitrogens is 1. The van der Waals surface area contributed by atoms with Crippen LogP contribution in [0.15, 0.2) is 36.4 Å². The van der Waals surface area contributed by atoms with E-state index in [4.69, 9.17) is 21.1 Å². The fourth-order valence-corrected chi connectivity index (χ4v) is 8.89. The van der Waals surface area contributed by atoms with Gasteiger partial charge in [0, 0.05) is 53.1 Å². The maximum Gasteiger partial charge on any atom is 0.315 e. The number of carbonyl (C=O) groups excluding carboxylic acids is 2. The summed E-state index contributed by atoms with van der Waals surface area (Å²) in [5.74, 6) is 4.15. The Kier molecular flexibility index (Phi) is 14.6. The van der Waals surface area contributed by atoms with Crippen LogP contribution >= 0.6 is 23.4 Å². The van der Waals surface area contributed by atoms with Crippen LogP contribution in [0.3, 0.4) is 0 Å². The van der Waals surface area contributed by atoms with E-state index in [0.29, 0.717) is 49.3 Å². The smallest absolute Gasteiger partial charge is 0.315 e. The molecule has 12 heteroatoms. The minimum Gasteiger partial charge on any atom is -0.493 e. The van der Waals surface area contributed by atoms with Crippen molar-refractivity contribution in [1.82, 2.24) is 26.1 Å². The van der Waals surface area contributed by atoms with Crippen LogP contribution in [0.4, 0.5) is 10.6 Å². The number of methoxy groups -OCH3 is 1. The molecule has 3 atom stereocenters. The largest absolute Gasteiger partial charge is 0.493 e. The van der Waals surface area contributed by atoms with Gasteiger partial charge in [-0.15, -0.1) is 0 Å². The summed E-state index contributed by atoms with van der Waals surface area (Å²) in [6.45, 7) is 8.44. The van der Waals surface area contributed by atoms with Crippen LogP contribution in [0.2, 0.25) is 5.02 Å². The molecule has 6 rings (SSSR count). The molecule has 2 saturated heterocycles. The second-order valence-electron chi connectivity index (χ2n) is 13.8. The first-order valence-corrected chi connectivity index (χ1v) is 20.1. The van der Waals surface area contributed by atoms with E-state index in [1.54, 1.807) is 7.11 Å². The average molecular weight is 739 g/mol. The van der Waals surface area contributed by atoms with Crippen LogP contribution in [-0.2, 0) is 17.8 Å². The Morgan fingerprint density at radius 2 is 1.90 bits per heavy atom. The first-order valence-electron chi connectivity index (χ1n) is 18.6. The first kappa shape index (κ1) is 38.7. The second kappa shape index (κ2) is 19.3. The van der Waals surface area contributed by atoms with Crippen LogP contribution < -0.4 is 30.7 Å². The molecule has 3 aliphatic rings. The van der Waals surface area contributed by atoms with Gasteiger partial charge in [-0.3, -0.25) is 9.89 Å². The third-order valence-corrected chi connectivity index (χ3v) is 11.7. The summed E-state index contributed by atoms with van der Waals surface area (Å²) in [5.41, 5.74) is 5.30. The molecule has 3 aromatic rings. The van der Waals surface area contributed by atoms with Gasteiger partial charge >= 0.3 is 6.03 Å². The zero-order chi connectivity index (χ0) is 36.2. The second-order valence-corrected chi connectivity index (χ2v) is 15.5. The van der Waals surface area contributed by atoms with Crippen molar-refractivity contribution < 1.29 is 19.1 Å². The number of unbranched alkanes of at least 4 members (excludes halogenated alkanes) is 1. The molecule has 1 aromatic heterocycles. The number of hydrogen-bond acceptors (Lipinski definition) is 7. The Morgan fingerprint density at radius 1 is 1.10 bits per heavy atom. The van der Waals surface area contributed by atoms with Crippen molar-refractivity contribution in [1.29, 1.82) is 0 Å². The van der Waals surface area contributed by atoms with Gasteiger partial charge in [0.25, 0.3) is 0 Å². The van der Waals surface area contributed by atoms with Gasteiger partial charge in [-0.2, -0.15) is 16.9 Å². The number of hydrogen-bond donors (Lipinski definition) is 5. The van der Waals surface area contributed by atoms with Crippen molar-refractivity contribution in [2.75, 3.05) is 31.3 Å². The summed E-state index contributed by atoms with van der Waals surface area (Å²) in [5, 5.41) is 21.3. The number of amides is 3. The molecule has 0 spiro atoms. The lowest BCUT2D eigenvalue weighted by Gasteiger charge is -2.16. The number of urea groups is 1. The zero-order valence-electron chi connectivity index (χ0n) is 30.5. The van der Waals surface area contributed by atoms with Crippen molar-refractivity contribution in [3.63, 3.8) is 0 Å². The molecule has 2 aromatic carbocycles. The quantitative estimate of drug-likeness (QED) is 0.0516. The van der Waals surface area contributed by atoms with Crippen LogP contribution in [0.5, 0.6) is 11.5 Å². The molecular weight excluding hydrogens is 684 g/mol. The van der Waals surface area contributed by atoms with E-state index >= 15 is 0 Å². The van der Waals surface area contributed by atoms with E-state index < -0.39 is 0 Å². The molecule has 0 radical (unpaired) electrons. The Hall–Kier alpha value is -3.57. The first-order chi connectivity index (χ1) is 24.8. The molecule has 1 aliphatic carbocycles. The summed E-state index contributed by atoms with van der Waals surface area (Å²) in [7, 11) is 1.64. The molecule has 3 unspecified atom stereocenters. The molecule has 5 N–H and O–H groups in total. The van der Waals surface area contributed by atoms with E-state index in [2.05, 4.69) is 52.2 Å². The molecule has 2 aliphatic heterocycles. The number of thioether (sulfide) groups is 1. The average Bonchev–Trinajstić information content (AvgIpc) is 3.88. The number of nitrogens with one attached hydrogen (secondary N) is 5. The number of aromatic nitrogens is 2. The predicted octanol–water partition coefficient (Wildman–Crippen LogP) is 8.09. The minimum absolute atomic E-state index is 0.0575. The maximum atomic E-state index is 12.3. The van der Waals surface area contributed by atoms with Crippen molar-refractivity contribution in [3.8, 4) is 22.8 Å². The highest BCUT2D eigenvalue weighted by Gasteiger charge is 2.42. The van der Waals surface area contributed by atoms with Gasteiger partial charge in [0.15, 0.2) is 17.3 Å². The topological polar surface area (TPSA) is 129 Å². The summed E-state index contributed by atoms with van der Waals surface area (Å²) in [4.78, 5) is 23.9. The van der Waals surface area contributed by atoms with Crippen molar-refractivity contribution in [2.45, 2.75) is 109 Å². The number of anilines is 1. The van der Waals surface area contributed by atoms with Gasteiger partial charge in [-0.1, -0.05) is 82.7 Å². The van der Waals surface area contributed by atoms with Gasteiger partial charge in [0.2, 0.25) is 5.91 Å². The number of rotatable bonds is 18. The summed E-state index contributed by atoms with van der Waals surface area (Å²) in [6.07, 6.45) is 10.3. The summed E-state index contributed by atoms with van der Waals surface area (Å²) in [6, 6.07) is 12.2. The Balaban J connectivity index is 0.000000565. The molecule has 2 fully saturated rings. The Morgan fingerprint density at radius 3 is 2.67 bits per heavy atom. The van der Waals surface area contributed by atoms with Crippen LogP contribution in [-0.4, -0.2) is 65.5 Å². The normalized spacial score (nSPS) is 18.2. The predicted molar refractivity (Wildman–Crippen MR) is 208 cm³/mol. The molecule has 51 heavy (non-hydrogen) atoms. The van der Waals surface area contributed by atoms with E-state index in [0.717, 1.165) is 76.1 Å². The number of fused-ring (bicyclic) bond motifs is 4. The third kappa shape index (κ3) is 10.5. The maximum absolute atomic E-state index is 12.3. The monoisotopic (exact) mass is 738 g/mol. The minimum atomic E-state index is -0.0575. The molecule has 3 heterocycles. The van der Waals surface area contributed by atoms with E-state index in [-0.39, 0.29) is 24.0 Å². The summed E-state index contributed by atoms with van der Waals surface area (Å²) >= 11 is 8.23. The van der Waals surface area contributed by atoms with E-state index in [9.17, 15) is 9.59 Å². The number of benzene rings is 2. The van der Waals surface area contributed by atoms with Gasteiger partial charge in [-0.25, -0.2) is 4.79 Å². The summed E-state index contributed by atoms with van der Waals surface area (Å²) < 4.78 is 11.7. The molecular formula is C39H55ClN6O4S. The lowest BCUT2D eigenvalue weighted by molar-refractivity contribution is -0.121. The highest BCUT2D eigenvalue weighted by atomic mass is 35.5. The highest BCUT2D eigenvalue weighted by Crippen LogP contribution is 2.44. The highest BCUT2D eigenvalue weighted by molar-refractivity contribution is 8.00. The van der Waals surface area contributed by atoms with Gasteiger partial charge < -0.3 is 30.7 Å². The van der Waals surface area contributed by atoms with E-state index in [1.807, 2.05) is 48.2 Å². The molecule has 0 bridgehead atoms. The van der Waals surface area contributed by atoms with Crippen molar-refractivity contribution in [2.24, 2.45) is 5.92 Å². The van der Waals surface area contributed by atoms with Gasteiger partial charge in [-0.05, 0) is 54.5 Å². The fourth-order valence-electron chi connectivity index (χ4n) is 7.15. The lowest BCUT2D eigenvalue weighted by Crippen LogP contribution is -2.36. The van der Waals surface area contributed by atoms with Crippen molar-refractivity contribution >= 4 is 41.1 Å².